The largest absolute Gasteiger partial charge is 0.494 e. The standard InChI is InChI=1S/C13H16N2O2/c1-3-17-12-6-4-11(5-7-12)10-15(2)13(16)8-9-14/h4-7H,3,8,10H2,1-2H3. The minimum atomic E-state index is -0.165. The number of rotatable bonds is 5. The molecule has 0 spiro atoms. The Morgan fingerprint density at radius 1 is 1.41 bits per heavy atom. The van der Waals surface area contributed by atoms with Crippen molar-refractivity contribution < 1.29 is 9.53 Å². The topological polar surface area (TPSA) is 53.3 Å². The average Bonchev–Trinajstić information content (AvgIpc) is 2.32. The molecular formula is C13H16N2O2. The van der Waals surface area contributed by atoms with Crippen LogP contribution in [0.4, 0.5) is 0 Å². The Morgan fingerprint density at radius 3 is 2.59 bits per heavy atom. The molecule has 0 N–H and O–H groups in total. The van der Waals surface area contributed by atoms with Crippen molar-refractivity contribution in [2.75, 3.05) is 13.7 Å². The van der Waals surface area contributed by atoms with Crippen LogP contribution in [0.25, 0.3) is 0 Å². The zero-order valence-corrected chi connectivity index (χ0v) is 10.1. The second-order valence-corrected chi connectivity index (χ2v) is 3.66. The highest BCUT2D eigenvalue weighted by molar-refractivity contribution is 5.77. The van der Waals surface area contributed by atoms with Crippen LogP contribution in [-0.2, 0) is 11.3 Å². The minimum Gasteiger partial charge on any atom is -0.494 e. The molecule has 0 saturated heterocycles. The normalized spacial score (nSPS) is 9.47. The summed E-state index contributed by atoms with van der Waals surface area (Å²) in [5.74, 6) is 0.656. The Hall–Kier alpha value is -2.02. The van der Waals surface area contributed by atoms with Crippen LogP contribution in [0.3, 0.4) is 0 Å². The van der Waals surface area contributed by atoms with Crippen molar-refractivity contribution in [1.29, 1.82) is 5.26 Å². The molecule has 0 radical (unpaired) electrons. The first-order valence-corrected chi connectivity index (χ1v) is 5.50. The molecule has 0 aromatic heterocycles. The Balaban J connectivity index is 2.57. The number of ether oxygens (including phenoxy) is 1. The van der Waals surface area contributed by atoms with Crippen molar-refractivity contribution in [2.45, 2.75) is 19.9 Å². The van der Waals surface area contributed by atoms with E-state index in [0.29, 0.717) is 13.2 Å². The molecule has 0 bridgehead atoms. The summed E-state index contributed by atoms with van der Waals surface area (Å²) in [6.07, 6.45) is -0.0759. The van der Waals surface area contributed by atoms with Crippen molar-refractivity contribution >= 4 is 5.91 Å². The smallest absolute Gasteiger partial charge is 0.236 e. The van der Waals surface area contributed by atoms with Crippen LogP contribution in [0.2, 0.25) is 0 Å². The lowest BCUT2D eigenvalue weighted by Crippen LogP contribution is -2.25. The van der Waals surface area contributed by atoms with Crippen molar-refractivity contribution in [2.24, 2.45) is 0 Å². The van der Waals surface area contributed by atoms with Gasteiger partial charge in [-0.25, -0.2) is 0 Å². The minimum absolute atomic E-state index is 0.0759. The third kappa shape index (κ3) is 4.15. The third-order valence-electron chi connectivity index (χ3n) is 2.31. The van der Waals surface area contributed by atoms with Gasteiger partial charge in [-0.15, -0.1) is 0 Å². The molecule has 0 aliphatic carbocycles. The van der Waals surface area contributed by atoms with Crippen molar-refractivity contribution in [3.8, 4) is 11.8 Å². The Morgan fingerprint density at radius 2 is 2.06 bits per heavy atom. The molecule has 0 saturated carbocycles. The van der Waals surface area contributed by atoms with Gasteiger partial charge in [-0.1, -0.05) is 12.1 Å². The van der Waals surface area contributed by atoms with E-state index in [0.717, 1.165) is 11.3 Å². The highest BCUT2D eigenvalue weighted by Gasteiger charge is 2.08. The summed E-state index contributed by atoms with van der Waals surface area (Å²) in [5, 5.41) is 8.43. The summed E-state index contributed by atoms with van der Waals surface area (Å²) in [5.41, 5.74) is 1.02. The molecule has 0 unspecified atom stereocenters. The quantitative estimate of drug-likeness (QED) is 0.779. The summed E-state index contributed by atoms with van der Waals surface area (Å²) in [4.78, 5) is 12.9. The summed E-state index contributed by atoms with van der Waals surface area (Å²) < 4.78 is 5.33. The SMILES string of the molecule is CCOc1ccc(CN(C)C(=O)CC#N)cc1. The maximum absolute atomic E-state index is 11.4. The zero-order valence-electron chi connectivity index (χ0n) is 10.1. The van der Waals surface area contributed by atoms with Crippen LogP contribution in [0, 0.1) is 11.3 Å². The Bertz CT molecular complexity index is 406. The summed E-state index contributed by atoms with van der Waals surface area (Å²) >= 11 is 0. The summed E-state index contributed by atoms with van der Waals surface area (Å²) in [6, 6.07) is 9.44. The lowest BCUT2D eigenvalue weighted by atomic mass is 10.2. The van der Waals surface area contributed by atoms with Crippen LogP contribution >= 0.6 is 0 Å². The molecule has 0 fully saturated rings. The van der Waals surface area contributed by atoms with Gasteiger partial charge in [-0.3, -0.25) is 4.79 Å². The van der Waals surface area contributed by atoms with E-state index in [2.05, 4.69) is 0 Å². The molecule has 1 rings (SSSR count). The van der Waals surface area contributed by atoms with Gasteiger partial charge in [-0.05, 0) is 24.6 Å². The van der Waals surface area contributed by atoms with Crippen LogP contribution < -0.4 is 4.74 Å². The van der Waals surface area contributed by atoms with Gasteiger partial charge >= 0.3 is 0 Å². The number of amides is 1. The predicted octanol–water partition coefficient (Wildman–Crippen LogP) is 1.96. The molecule has 90 valence electrons. The van der Waals surface area contributed by atoms with E-state index in [4.69, 9.17) is 10.00 Å². The van der Waals surface area contributed by atoms with E-state index in [-0.39, 0.29) is 12.3 Å². The molecule has 0 atom stereocenters. The number of carbonyl (C=O) groups excluding carboxylic acids is 1. The van der Waals surface area contributed by atoms with Crippen LogP contribution in [0.1, 0.15) is 18.9 Å². The van der Waals surface area contributed by atoms with Crippen LogP contribution in [-0.4, -0.2) is 24.5 Å². The van der Waals surface area contributed by atoms with Gasteiger partial charge in [0.25, 0.3) is 0 Å². The number of hydrogen-bond acceptors (Lipinski definition) is 3. The molecule has 0 aliphatic rings. The molecule has 17 heavy (non-hydrogen) atoms. The molecule has 1 aromatic carbocycles. The van der Waals surface area contributed by atoms with Gasteiger partial charge in [-0.2, -0.15) is 5.26 Å². The van der Waals surface area contributed by atoms with Gasteiger partial charge in [0.1, 0.15) is 12.2 Å². The number of carbonyl (C=O) groups is 1. The van der Waals surface area contributed by atoms with Gasteiger partial charge in [0.15, 0.2) is 0 Å². The first-order chi connectivity index (χ1) is 8.17. The van der Waals surface area contributed by atoms with Crippen molar-refractivity contribution in [3.05, 3.63) is 29.8 Å². The fourth-order valence-electron chi connectivity index (χ4n) is 1.42. The highest BCUT2D eigenvalue weighted by Crippen LogP contribution is 2.13. The van der Waals surface area contributed by atoms with E-state index >= 15 is 0 Å². The maximum atomic E-state index is 11.4. The Kier molecular flexibility index (Phi) is 5.02. The predicted molar refractivity (Wildman–Crippen MR) is 64.3 cm³/mol. The number of benzene rings is 1. The van der Waals surface area contributed by atoms with Gasteiger partial charge in [0.2, 0.25) is 5.91 Å². The summed E-state index contributed by atoms with van der Waals surface area (Å²) in [7, 11) is 1.69. The molecule has 4 heteroatoms. The second kappa shape index (κ2) is 6.54. The Labute approximate surface area is 101 Å². The van der Waals surface area contributed by atoms with E-state index < -0.39 is 0 Å². The number of hydrogen-bond donors (Lipinski definition) is 0. The van der Waals surface area contributed by atoms with Gasteiger partial charge in [0, 0.05) is 13.6 Å². The highest BCUT2D eigenvalue weighted by atomic mass is 16.5. The van der Waals surface area contributed by atoms with Crippen molar-refractivity contribution in [1.82, 2.24) is 4.90 Å². The first-order valence-electron chi connectivity index (χ1n) is 5.50. The lowest BCUT2D eigenvalue weighted by Gasteiger charge is -2.15. The molecule has 1 aromatic rings. The van der Waals surface area contributed by atoms with E-state index in [1.807, 2.05) is 37.3 Å². The molecule has 4 nitrogen and oxygen atoms in total. The van der Waals surface area contributed by atoms with Gasteiger partial charge in [0.05, 0.1) is 12.7 Å². The number of nitrogens with zero attached hydrogens (tertiary/aromatic N) is 2. The fraction of sp³-hybridized carbons (Fsp3) is 0.385. The third-order valence-corrected chi connectivity index (χ3v) is 2.31. The van der Waals surface area contributed by atoms with E-state index in [1.54, 1.807) is 11.9 Å². The molecule has 1 amide bonds. The molecular weight excluding hydrogens is 216 g/mol. The average molecular weight is 232 g/mol. The fourth-order valence-corrected chi connectivity index (χ4v) is 1.42. The monoisotopic (exact) mass is 232 g/mol. The van der Waals surface area contributed by atoms with Crippen LogP contribution in [0.15, 0.2) is 24.3 Å². The van der Waals surface area contributed by atoms with E-state index in [9.17, 15) is 4.79 Å². The van der Waals surface area contributed by atoms with Crippen LogP contribution in [0.5, 0.6) is 5.75 Å². The maximum Gasteiger partial charge on any atom is 0.236 e. The lowest BCUT2D eigenvalue weighted by molar-refractivity contribution is -0.129. The first kappa shape index (κ1) is 13.0. The second-order valence-electron chi connectivity index (χ2n) is 3.66. The molecule has 0 aliphatic heterocycles. The molecule has 0 heterocycles. The van der Waals surface area contributed by atoms with E-state index in [1.165, 1.54) is 0 Å². The summed E-state index contributed by atoms with van der Waals surface area (Å²) in [6.45, 7) is 3.08. The number of nitriles is 1. The van der Waals surface area contributed by atoms with Gasteiger partial charge < -0.3 is 9.64 Å². The zero-order chi connectivity index (χ0) is 12.7. The van der Waals surface area contributed by atoms with Crippen molar-refractivity contribution in [3.63, 3.8) is 0 Å².